The average molecular weight is 325 g/mol. The predicted molar refractivity (Wildman–Crippen MR) is 94.0 cm³/mol. The molecule has 0 radical (unpaired) electrons. The van der Waals surface area contributed by atoms with Gasteiger partial charge in [0.2, 0.25) is 0 Å². The van der Waals surface area contributed by atoms with Gasteiger partial charge in [0.15, 0.2) is 0 Å². The normalized spacial score (nSPS) is 21.4. The minimum atomic E-state index is 0.372. The van der Waals surface area contributed by atoms with Crippen molar-refractivity contribution < 1.29 is 14.2 Å². The first-order valence-corrected chi connectivity index (χ1v) is 8.65. The van der Waals surface area contributed by atoms with Crippen LogP contribution in [-0.2, 0) is 15.9 Å². The van der Waals surface area contributed by atoms with E-state index in [1.54, 1.807) is 0 Å². The van der Waals surface area contributed by atoms with Gasteiger partial charge in [0.05, 0.1) is 25.4 Å². The van der Waals surface area contributed by atoms with E-state index in [9.17, 15) is 0 Å². The third-order valence-corrected chi connectivity index (χ3v) is 4.42. The number of rotatable bonds is 8. The number of nitrogens with zero attached hydrogens (tertiary/aromatic N) is 1. The molecule has 2 aliphatic rings. The Labute approximate surface area is 142 Å². The van der Waals surface area contributed by atoms with Crippen molar-refractivity contribution in [3.05, 3.63) is 54.1 Å². The Kier molecular flexibility index (Phi) is 4.41. The van der Waals surface area contributed by atoms with E-state index < -0.39 is 0 Å². The number of hydrogen-bond donors (Lipinski definition) is 0. The molecular weight excluding hydrogens is 302 g/mol. The van der Waals surface area contributed by atoms with Crippen LogP contribution in [0.25, 0.3) is 0 Å². The maximum atomic E-state index is 5.93. The first-order valence-electron chi connectivity index (χ1n) is 8.65. The van der Waals surface area contributed by atoms with Gasteiger partial charge < -0.3 is 19.1 Å². The number of anilines is 1. The molecule has 24 heavy (non-hydrogen) atoms. The third kappa shape index (κ3) is 4.08. The van der Waals surface area contributed by atoms with E-state index in [1.165, 1.54) is 11.3 Å². The molecule has 2 saturated heterocycles. The fourth-order valence-corrected chi connectivity index (χ4v) is 2.78. The molecule has 0 bridgehead atoms. The van der Waals surface area contributed by atoms with Gasteiger partial charge in [0.1, 0.15) is 11.5 Å². The lowest BCUT2D eigenvalue weighted by atomic mass is 10.2. The summed E-state index contributed by atoms with van der Waals surface area (Å²) >= 11 is 0. The first-order chi connectivity index (χ1) is 11.8. The molecule has 0 amide bonds. The smallest absolute Gasteiger partial charge is 0.127 e. The van der Waals surface area contributed by atoms with Gasteiger partial charge in [0, 0.05) is 18.8 Å². The number of benzene rings is 2. The summed E-state index contributed by atoms with van der Waals surface area (Å²) < 4.78 is 16.7. The molecule has 2 unspecified atom stereocenters. The van der Waals surface area contributed by atoms with Gasteiger partial charge in [-0.3, -0.25) is 0 Å². The molecular formula is C20H23NO3. The molecule has 4 rings (SSSR count). The third-order valence-electron chi connectivity index (χ3n) is 4.42. The summed E-state index contributed by atoms with van der Waals surface area (Å²) in [5.74, 6) is 1.72. The van der Waals surface area contributed by atoms with Crippen LogP contribution in [0.5, 0.6) is 11.5 Å². The van der Waals surface area contributed by atoms with Crippen molar-refractivity contribution in [2.24, 2.45) is 0 Å². The molecule has 2 aliphatic heterocycles. The number of epoxide rings is 2. The standard InChI is InChI=1S/C20H23NO3/c1-2-15-3-7-17(8-4-15)24-18-9-5-16(6-10-18)21(11-19-13-22-19)12-20-14-23-20/h3-10,19-20H,2,11-14H2,1H3. The Bertz CT molecular complexity index is 646. The predicted octanol–water partition coefficient (Wildman–Crippen LogP) is 3.65. The molecule has 0 saturated carbocycles. The Morgan fingerprint density at radius 1 is 0.875 bits per heavy atom. The fraction of sp³-hybridized carbons (Fsp3) is 0.400. The Morgan fingerprint density at radius 3 is 1.83 bits per heavy atom. The molecule has 0 aliphatic carbocycles. The lowest BCUT2D eigenvalue weighted by molar-refractivity contribution is 0.389. The van der Waals surface area contributed by atoms with Gasteiger partial charge in [-0.25, -0.2) is 0 Å². The molecule has 2 heterocycles. The highest BCUT2D eigenvalue weighted by Gasteiger charge is 2.30. The van der Waals surface area contributed by atoms with Crippen molar-refractivity contribution in [1.29, 1.82) is 0 Å². The van der Waals surface area contributed by atoms with Crippen LogP contribution in [0.3, 0.4) is 0 Å². The van der Waals surface area contributed by atoms with Crippen LogP contribution in [0.15, 0.2) is 48.5 Å². The van der Waals surface area contributed by atoms with E-state index in [1.807, 2.05) is 24.3 Å². The summed E-state index contributed by atoms with van der Waals surface area (Å²) in [6.45, 7) is 5.75. The van der Waals surface area contributed by atoms with Crippen molar-refractivity contribution in [2.45, 2.75) is 25.6 Å². The van der Waals surface area contributed by atoms with Crippen molar-refractivity contribution in [1.82, 2.24) is 0 Å². The Balaban J connectivity index is 1.41. The summed E-state index contributed by atoms with van der Waals surface area (Å²) in [6.07, 6.45) is 1.79. The second-order valence-corrected chi connectivity index (χ2v) is 6.41. The van der Waals surface area contributed by atoms with Crippen LogP contribution >= 0.6 is 0 Å². The number of aryl methyl sites for hydroxylation is 1. The van der Waals surface area contributed by atoms with E-state index in [0.29, 0.717) is 12.2 Å². The Hall–Kier alpha value is -2.04. The maximum Gasteiger partial charge on any atom is 0.127 e. The molecule has 4 nitrogen and oxygen atoms in total. The highest BCUT2D eigenvalue weighted by atomic mass is 16.6. The van der Waals surface area contributed by atoms with Crippen LogP contribution in [0, 0.1) is 0 Å². The fourth-order valence-electron chi connectivity index (χ4n) is 2.78. The second kappa shape index (κ2) is 6.83. The molecule has 0 aromatic heterocycles. The van der Waals surface area contributed by atoms with E-state index in [2.05, 4.69) is 36.1 Å². The zero-order chi connectivity index (χ0) is 16.4. The SMILES string of the molecule is CCc1ccc(Oc2ccc(N(CC3CO3)CC3CO3)cc2)cc1. The molecule has 0 N–H and O–H groups in total. The lowest BCUT2D eigenvalue weighted by Gasteiger charge is -2.23. The van der Waals surface area contributed by atoms with Crippen LogP contribution < -0.4 is 9.64 Å². The molecule has 2 aromatic carbocycles. The van der Waals surface area contributed by atoms with Crippen LogP contribution in [0.2, 0.25) is 0 Å². The molecule has 4 heteroatoms. The van der Waals surface area contributed by atoms with E-state index in [0.717, 1.165) is 44.2 Å². The Morgan fingerprint density at radius 2 is 1.38 bits per heavy atom. The van der Waals surface area contributed by atoms with Gasteiger partial charge in [-0.1, -0.05) is 19.1 Å². The zero-order valence-corrected chi connectivity index (χ0v) is 14.0. The van der Waals surface area contributed by atoms with Crippen molar-refractivity contribution >= 4 is 5.69 Å². The van der Waals surface area contributed by atoms with Gasteiger partial charge in [-0.05, 0) is 48.4 Å². The summed E-state index contributed by atoms with van der Waals surface area (Å²) in [5, 5.41) is 0. The van der Waals surface area contributed by atoms with Crippen LogP contribution in [0.1, 0.15) is 12.5 Å². The van der Waals surface area contributed by atoms with Crippen LogP contribution in [-0.4, -0.2) is 38.5 Å². The van der Waals surface area contributed by atoms with Crippen LogP contribution in [0.4, 0.5) is 5.69 Å². The highest BCUT2D eigenvalue weighted by molar-refractivity contribution is 5.50. The van der Waals surface area contributed by atoms with Crippen molar-refractivity contribution in [3.8, 4) is 11.5 Å². The first kappa shape index (κ1) is 15.5. The summed E-state index contributed by atoms with van der Waals surface area (Å²) in [4.78, 5) is 2.34. The zero-order valence-electron chi connectivity index (χ0n) is 14.0. The molecule has 0 spiro atoms. The molecule has 2 atom stereocenters. The largest absolute Gasteiger partial charge is 0.457 e. The minimum Gasteiger partial charge on any atom is -0.457 e. The van der Waals surface area contributed by atoms with E-state index in [-0.39, 0.29) is 0 Å². The number of ether oxygens (including phenoxy) is 3. The summed E-state index contributed by atoms with van der Waals surface area (Å²) in [6, 6.07) is 16.5. The minimum absolute atomic E-state index is 0.372. The van der Waals surface area contributed by atoms with Gasteiger partial charge in [-0.2, -0.15) is 0 Å². The summed E-state index contributed by atoms with van der Waals surface area (Å²) in [7, 11) is 0. The highest BCUT2D eigenvalue weighted by Crippen LogP contribution is 2.27. The van der Waals surface area contributed by atoms with Crippen molar-refractivity contribution in [3.63, 3.8) is 0 Å². The summed E-state index contributed by atoms with van der Waals surface area (Å²) in [5.41, 5.74) is 2.51. The quantitative estimate of drug-likeness (QED) is 0.694. The molecule has 2 aromatic rings. The van der Waals surface area contributed by atoms with E-state index in [4.69, 9.17) is 14.2 Å². The maximum absolute atomic E-state index is 5.93. The second-order valence-electron chi connectivity index (χ2n) is 6.41. The average Bonchev–Trinajstić information content (AvgIpc) is 3.52. The molecule has 2 fully saturated rings. The topological polar surface area (TPSA) is 37.5 Å². The van der Waals surface area contributed by atoms with Gasteiger partial charge in [-0.15, -0.1) is 0 Å². The number of hydrogen-bond acceptors (Lipinski definition) is 4. The van der Waals surface area contributed by atoms with Gasteiger partial charge in [0.25, 0.3) is 0 Å². The lowest BCUT2D eigenvalue weighted by Crippen LogP contribution is -2.31. The van der Waals surface area contributed by atoms with Crippen molar-refractivity contribution in [2.75, 3.05) is 31.2 Å². The molecule has 126 valence electrons. The van der Waals surface area contributed by atoms with Gasteiger partial charge >= 0.3 is 0 Å². The van der Waals surface area contributed by atoms with E-state index >= 15 is 0 Å². The monoisotopic (exact) mass is 325 g/mol.